The number of ether oxygens (including phenoxy) is 1. The number of hydrogen-bond donors (Lipinski definition) is 2. The standard InChI is InChI=1S/C22H20F2N8O2S.ClH/c1-34-18-8-26-17(7-27-18)19(33)30-14-2-3-16(24)15(4-14)22-11-32(21-28-5-13(23)6-29-21)9-12(22)10-35-20(25)31-22;/h2-8,12H,9-11H2,1H3,(H2,25,31)(H,30,33);1H/t12-,22?;/m0./s1. The van der Waals surface area contributed by atoms with E-state index in [0.29, 0.717) is 29.1 Å². The Balaban J connectivity index is 0.00000304. The molecule has 4 heterocycles. The first-order valence-electron chi connectivity index (χ1n) is 10.6. The number of nitrogens with zero attached hydrogens (tertiary/aromatic N) is 6. The summed E-state index contributed by atoms with van der Waals surface area (Å²) < 4.78 is 33.6. The smallest absolute Gasteiger partial charge is 0.275 e. The van der Waals surface area contributed by atoms with Crippen LogP contribution in [-0.2, 0) is 5.54 Å². The van der Waals surface area contributed by atoms with Gasteiger partial charge >= 0.3 is 0 Å². The molecule has 188 valence electrons. The van der Waals surface area contributed by atoms with Crippen LogP contribution in [0.25, 0.3) is 0 Å². The van der Waals surface area contributed by atoms with E-state index in [9.17, 15) is 9.18 Å². The first-order chi connectivity index (χ1) is 16.9. The van der Waals surface area contributed by atoms with Crippen molar-refractivity contribution in [2.75, 3.05) is 36.2 Å². The molecule has 3 aromatic rings. The molecule has 0 spiro atoms. The zero-order valence-electron chi connectivity index (χ0n) is 18.9. The van der Waals surface area contributed by atoms with Crippen LogP contribution in [0, 0.1) is 17.6 Å². The number of methoxy groups -OCH3 is 1. The SMILES string of the molecule is COc1cnc(C(=O)Nc2ccc(F)c(C34CN(c5ncc(F)cn5)C[C@H]3CSC(N)=N4)c2)cn1.Cl. The lowest BCUT2D eigenvalue weighted by Crippen LogP contribution is -2.40. The van der Waals surface area contributed by atoms with Crippen LogP contribution in [0.2, 0.25) is 0 Å². The molecular formula is C22H21ClF2N8O2S. The Bertz CT molecular complexity index is 1300. The minimum atomic E-state index is -1.03. The topological polar surface area (TPSA) is 132 Å². The number of carbonyl (C=O) groups excluding carboxylic acids is 1. The number of thioether (sulfide) groups is 1. The quantitative estimate of drug-likeness (QED) is 0.507. The molecule has 2 aromatic heterocycles. The van der Waals surface area contributed by atoms with Gasteiger partial charge in [-0.2, -0.15) is 0 Å². The summed E-state index contributed by atoms with van der Waals surface area (Å²) in [6, 6.07) is 4.29. The first-order valence-corrected chi connectivity index (χ1v) is 11.5. The second kappa shape index (κ2) is 10.2. The van der Waals surface area contributed by atoms with Crippen molar-refractivity contribution >= 4 is 46.9 Å². The van der Waals surface area contributed by atoms with Crippen LogP contribution in [-0.4, -0.2) is 57.0 Å². The monoisotopic (exact) mass is 534 g/mol. The highest BCUT2D eigenvalue weighted by Crippen LogP contribution is 2.47. The normalized spacial score (nSPS) is 20.7. The molecular weight excluding hydrogens is 514 g/mol. The molecule has 0 saturated carbocycles. The van der Waals surface area contributed by atoms with Crippen molar-refractivity contribution in [3.8, 4) is 5.88 Å². The van der Waals surface area contributed by atoms with Crippen molar-refractivity contribution < 1.29 is 18.3 Å². The number of fused-ring (bicyclic) bond motifs is 1. The molecule has 1 amide bonds. The fourth-order valence-corrected chi connectivity index (χ4v) is 5.27. The van der Waals surface area contributed by atoms with Gasteiger partial charge in [0.25, 0.3) is 5.91 Å². The number of aliphatic imine (C=N–C) groups is 1. The number of hydrogen-bond acceptors (Lipinski definition) is 10. The molecule has 36 heavy (non-hydrogen) atoms. The lowest BCUT2D eigenvalue weighted by atomic mass is 9.81. The van der Waals surface area contributed by atoms with Crippen molar-refractivity contribution in [3.63, 3.8) is 0 Å². The van der Waals surface area contributed by atoms with Crippen LogP contribution < -0.4 is 20.7 Å². The van der Waals surface area contributed by atoms with Crippen LogP contribution in [0.5, 0.6) is 5.88 Å². The fourth-order valence-electron chi connectivity index (χ4n) is 4.29. The van der Waals surface area contributed by atoms with Gasteiger partial charge in [0.2, 0.25) is 11.8 Å². The summed E-state index contributed by atoms with van der Waals surface area (Å²) in [5, 5.41) is 3.06. The average molecular weight is 535 g/mol. The number of halogens is 3. The number of amides is 1. The number of amidine groups is 1. The Morgan fingerprint density at radius 3 is 2.67 bits per heavy atom. The summed E-state index contributed by atoms with van der Waals surface area (Å²) in [5.41, 5.74) is 5.77. The molecule has 0 aliphatic carbocycles. The van der Waals surface area contributed by atoms with E-state index in [4.69, 9.17) is 15.5 Å². The summed E-state index contributed by atoms with van der Waals surface area (Å²) in [7, 11) is 1.45. The Morgan fingerprint density at radius 1 is 1.19 bits per heavy atom. The Hall–Kier alpha value is -3.58. The van der Waals surface area contributed by atoms with E-state index in [1.807, 2.05) is 4.90 Å². The molecule has 14 heteroatoms. The van der Waals surface area contributed by atoms with E-state index in [1.165, 1.54) is 43.4 Å². The van der Waals surface area contributed by atoms with Gasteiger partial charge in [-0.25, -0.2) is 33.7 Å². The highest BCUT2D eigenvalue weighted by atomic mass is 35.5. The van der Waals surface area contributed by atoms with Gasteiger partial charge in [-0.3, -0.25) is 4.79 Å². The van der Waals surface area contributed by atoms with Crippen LogP contribution in [0.1, 0.15) is 16.1 Å². The maximum Gasteiger partial charge on any atom is 0.275 e. The molecule has 3 N–H and O–H groups in total. The lowest BCUT2D eigenvalue weighted by molar-refractivity contribution is 0.102. The van der Waals surface area contributed by atoms with Gasteiger partial charge in [0, 0.05) is 29.5 Å². The Labute approximate surface area is 215 Å². The van der Waals surface area contributed by atoms with Gasteiger partial charge in [-0.1, -0.05) is 11.8 Å². The summed E-state index contributed by atoms with van der Waals surface area (Å²) in [5.74, 6) is -0.469. The number of benzene rings is 1. The molecule has 0 radical (unpaired) electrons. The minimum Gasteiger partial charge on any atom is -0.480 e. The lowest BCUT2D eigenvalue weighted by Gasteiger charge is -2.35. The third kappa shape index (κ3) is 4.75. The first kappa shape index (κ1) is 25.5. The van der Waals surface area contributed by atoms with E-state index in [2.05, 4.69) is 25.3 Å². The Kier molecular flexibility index (Phi) is 7.22. The molecule has 1 aromatic carbocycles. The predicted octanol–water partition coefficient (Wildman–Crippen LogP) is 2.62. The van der Waals surface area contributed by atoms with Gasteiger partial charge in [0.1, 0.15) is 17.1 Å². The fraction of sp³-hybridized carbons (Fsp3) is 0.273. The van der Waals surface area contributed by atoms with Crippen LogP contribution in [0.3, 0.4) is 0 Å². The number of rotatable bonds is 5. The maximum atomic E-state index is 15.3. The van der Waals surface area contributed by atoms with Crippen molar-refractivity contribution in [2.45, 2.75) is 5.54 Å². The highest BCUT2D eigenvalue weighted by Gasteiger charge is 2.52. The van der Waals surface area contributed by atoms with Crippen molar-refractivity contribution in [3.05, 3.63) is 65.9 Å². The third-order valence-corrected chi connectivity index (χ3v) is 6.90. The number of nitrogens with one attached hydrogen (secondary N) is 1. The predicted molar refractivity (Wildman–Crippen MR) is 134 cm³/mol. The van der Waals surface area contributed by atoms with E-state index in [-0.39, 0.29) is 42.0 Å². The molecule has 2 aliphatic heterocycles. The molecule has 10 nitrogen and oxygen atoms in total. The van der Waals surface area contributed by atoms with E-state index >= 15 is 4.39 Å². The zero-order chi connectivity index (χ0) is 24.6. The third-order valence-electron chi connectivity index (χ3n) is 5.94. The van der Waals surface area contributed by atoms with Gasteiger partial charge in [0.15, 0.2) is 11.0 Å². The highest BCUT2D eigenvalue weighted by molar-refractivity contribution is 8.13. The molecule has 5 rings (SSSR count). The number of nitrogens with two attached hydrogens (primary N) is 1. The van der Waals surface area contributed by atoms with E-state index in [0.717, 1.165) is 12.4 Å². The largest absolute Gasteiger partial charge is 0.480 e. The summed E-state index contributed by atoms with van der Waals surface area (Å²) >= 11 is 1.39. The van der Waals surface area contributed by atoms with Crippen molar-refractivity contribution in [1.29, 1.82) is 0 Å². The van der Waals surface area contributed by atoms with Gasteiger partial charge in [-0.05, 0) is 18.2 Å². The molecule has 1 unspecified atom stereocenters. The molecule has 1 saturated heterocycles. The minimum absolute atomic E-state index is 0. The van der Waals surface area contributed by atoms with Crippen LogP contribution in [0.4, 0.5) is 20.4 Å². The van der Waals surface area contributed by atoms with Crippen LogP contribution >= 0.6 is 24.2 Å². The van der Waals surface area contributed by atoms with Gasteiger partial charge < -0.3 is 20.7 Å². The van der Waals surface area contributed by atoms with E-state index in [1.54, 1.807) is 6.07 Å². The molecule has 2 atom stereocenters. The summed E-state index contributed by atoms with van der Waals surface area (Å²) in [6.07, 6.45) is 4.79. The summed E-state index contributed by atoms with van der Waals surface area (Å²) in [4.78, 5) is 35.3. The van der Waals surface area contributed by atoms with Crippen molar-refractivity contribution in [2.24, 2.45) is 16.6 Å². The molecule has 2 aliphatic rings. The van der Waals surface area contributed by atoms with E-state index < -0.39 is 23.1 Å². The maximum absolute atomic E-state index is 15.3. The second-order valence-electron chi connectivity index (χ2n) is 8.06. The number of aromatic nitrogens is 4. The van der Waals surface area contributed by atoms with Gasteiger partial charge in [-0.15, -0.1) is 12.4 Å². The molecule has 1 fully saturated rings. The summed E-state index contributed by atoms with van der Waals surface area (Å²) in [6.45, 7) is 0.718. The second-order valence-corrected chi connectivity index (χ2v) is 9.10. The number of anilines is 2. The van der Waals surface area contributed by atoms with Crippen LogP contribution in [0.15, 0.2) is 48.0 Å². The number of carbonyl (C=O) groups is 1. The molecule has 0 bridgehead atoms. The van der Waals surface area contributed by atoms with Gasteiger partial charge in [0.05, 0.1) is 38.4 Å². The average Bonchev–Trinajstić information content (AvgIpc) is 3.25. The zero-order valence-corrected chi connectivity index (χ0v) is 20.5. The Morgan fingerprint density at radius 2 is 1.97 bits per heavy atom. The van der Waals surface area contributed by atoms with Crippen molar-refractivity contribution in [1.82, 2.24) is 19.9 Å².